The minimum absolute atomic E-state index is 0.0118. The van der Waals surface area contributed by atoms with Crippen LogP contribution in [0, 0.1) is 17.1 Å². The molecule has 0 bridgehead atoms. The first-order chi connectivity index (χ1) is 16.9. The smallest absolute Gasteiger partial charge is 0.293 e. The number of ether oxygens (including phenoxy) is 2. The summed E-state index contributed by atoms with van der Waals surface area (Å²) in [6.07, 6.45) is 1.59. The molecule has 6 nitrogen and oxygen atoms in total. The number of hydrogen-bond donors (Lipinski definition) is 0. The minimum atomic E-state index is -0.446. The molecule has 2 amide bonds. The zero-order valence-corrected chi connectivity index (χ0v) is 20.9. The highest BCUT2D eigenvalue weighted by molar-refractivity contribution is 9.10. The molecule has 0 N–H and O–H groups in total. The normalized spacial score (nSPS) is 14.3. The van der Waals surface area contributed by atoms with E-state index in [9.17, 15) is 19.2 Å². The number of benzene rings is 3. The highest BCUT2D eigenvalue weighted by atomic mass is 79.9. The van der Waals surface area contributed by atoms with Gasteiger partial charge in [-0.1, -0.05) is 52.3 Å². The first kappa shape index (κ1) is 24.5. The third-order valence-corrected chi connectivity index (χ3v) is 6.84. The average Bonchev–Trinajstić information content (AvgIpc) is 3.12. The molecular formula is C26H18BrFN2O4S. The van der Waals surface area contributed by atoms with Crippen LogP contribution in [0.25, 0.3) is 6.08 Å². The summed E-state index contributed by atoms with van der Waals surface area (Å²) in [4.78, 5) is 26.9. The summed E-state index contributed by atoms with van der Waals surface area (Å²) >= 11 is 4.30. The summed E-state index contributed by atoms with van der Waals surface area (Å²) in [6.45, 7) is 0.0247. The van der Waals surface area contributed by atoms with E-state index in [1.807, 2.05) is 0 Å². The van der Waals surface area contributed by atoms with E-state index in [1.54, 1.807) is 60.7 Å². The van der Waals surface area contributed by atoms with Gasteiger partial charge in [-0.25, -0.2) is 4.39 Å². The monoisotopic (exact) mass is 552 g/mol. The van der Waals surface area contributed by atoms with Crippen LogP contribution in [-0.2, 0) is 17.9 Å². The van der Waals surface area contributed by atoms with Crippen molar-refractivity contribution in [2.24, 2.45) is 0 Å². The van der Waals surface area contributed by atoms with Gasteiger partial charge in [0.25, 0.3) is 11.1 Å². The standard InChI is InChI=1S/C26H18BrFN2O4S/c1-33-22-10-19(20(27)12-23(22)34-15-18-8-4-5-9-21(18)28)11-24-25(31)30(26(32)35-24)14-17-7-3-2-6-16(17)13-29/h2-12H,14-15H2,1H3/b24-11+. The lowest BCUT2D eigenvalue weighted by Crippen LogP contribution is -2.27. The largest absolute Gasteiger partial charge is 0.493 e. The third-order valence-electron chi connectivity index (χ3n) is 5.25. The van der Waals surface area contributed by atoms with Crippen molar-refractivity contribution in [3.05, 3.63) is 98.1 Å². The number of nitrogens with zero attached hydrogens (tertiary/aromatic N) is 2. The number of hydrogen-bond acceptors (Lipinski definition) is 6. The number of halogens is 2. The van der Waals surface area contributed by atoms with Crippen LogP contribution in [0.15, 0.2) is 70.0 Å². The molecule has 1 aliphatic heterocycles. The Labute approximate surface area is 214 Å². The van der Waals surface area contributed by atoms with Crippen molar-refractivity contribution in [2.45, 2.75) is 13.2 Å². The molecule has 0 aliphatic carbocycles. The molecule has 176 valence electrons. The van der Waals surface area contributed by atoms with Gasteiger partial charge in [-0.2, -0.15) is 5.26 Å². The van der Waals surface area contributed by atoms with Crippen LogP contribution in [0.4, 0.5) is 9.18 Å². The number of imide groups is 1. The van der Waals surface area contributed by atoms with E-state index in [0.717, 1.165) is 16.7 Å². The van der Waals surface area contributed by atoms with Gasteiger partial charge < -0.3 is 9.47 Å². The molecule has 0 aromatic heterocycles. The van der Waals surface area contributed by atoms with Crippen LogP contribution in [0.5, 0.6) is 11.5 Å². The minimum Gasteiger partial charge on any atom is -0.493 e. The van der Waals surface area contributed by atoms with Crippen molar-refractivity contribution in [3.63, 3.8) is 0 Å². The van der Waals surface area contributed by atoms with Gasteiger partial charge in [0.15, 0.2) is 11.5 Å². The van der Waals surface area contributed by atoms with Crippen LogP contribution < -0.4 is 9.47 Å². The van der Waals surface area contributed by atoms with E-state index < -0.39 is 11.1 Å². The molecule has 0 unspecified atom stereocenters. The second-order valence-corrected chi connectivity index (χ2v) is 9.29. The Morgan fingerprint density at radius 2 is 1.80 bits per heavy atom. The lowest BCUT2D eigenvalue weighted by atomic mass is 10.1. The summed E-state index contributed by atoms with van der Waals surface area (Å²) in [5.74, 6) is -0.0345. The summed E-state index contributed by atoms with van der Waals surface area (Å²) in [6, 6.07) is 18.6. The van der Waals surface area contributed by atoms with Gasteiger partial charge in [0, 0.05) is 10.0 Å². The highest BCUT2D eigenvalue weighted by Gasteiger charge is 2.35. The number of thioether (sulfide) groups is 1. The fourth-order valence-corrected chi connectivity index (χ4v) is 4.69. The number of rotatable bonds is 7. The van der Waals surface area contributed by atoms with Crippen LogP contribution in [0.2, 0.25) is 0 Å². The van der Waals surface area contributed by atoms with Crippen LogP contribution in [0.3, 0.4) is 0 Å². The average molecular weight is 553 g/mol. The molecule has 1 saturated heterocycles. The summed E-state index contributed by atoms with van der Waals surface area (Å²) in [7, 11) is 1.48. The number of nitriles is 1. The second-order valence-electron chi connectivity index (χ2n) is 7.44. The quantitative estimate of drug-likeness (QED) is 0.321. The Bertz CT molecular complexity index is 1390. The zero-order valence-electron chi connectivity index (χ0n) is 18.5. The van der Waals surface area contributed by atoms with Gasteiger partial charge >= 0.3 is 0 Å². The molecule has 1 fully saturated rings. The first-order valence-corrected chi connectivity index (χ1v) is 12.0. The number of carbonyl (C=O) groups is 2. The lowest BCUT2D eigenvalue weighted by Gasteiger charge is -2.14. The van der Waals surface area contributed by atoms with Crippen molar-refractivity contribution in [2.75, 3.05) is 7.11 Å². The SMILES string of the molecule is COc1cc(/C=C2/SC(=O)N(Cc3ccccc3C#N)C2=O)c(Br)cc1OCc1ccccc1F. The molecule has 9 heteroatoms. The van der Waals surface area contributed by atoms with Crippen molar-refractivity contribution in [1.82, 2.24) is 4.90 Å². The fourth-order valence-electron chi connectivity index (χ4n) is 3.42. The predicted molar refractivity (Wildman–Crippen MR) is 134 cm³/mol. The number of methoxy groups -OCH3 is 1. The van der Waals surface area contributed by atoms with Crippen molar-refractivity contribution < 1.29 is 23.5 Å². The van der Waals surface area contributed by atoms with Crippen molar-refractivity contribution >= 4 is 44.9 Å². The topological polar surface area (TPSA) is 79.6 Å². The molecule has 4 rings (SSSR count). The molecule has 0 spiro atoms. The highest BCUT2D eigenvalue weighted by Crippen LogP contribution is 2.38. The number of carbonyl (C=O) groups excluding carboxylic acids is 2. The van der Waals surface area contributed by atoms with Gasteiger partial charge in [-0.3, -0.25) is 14.5 Å². The van der Waals surface area contributed by atoms with Gasteiger partial charge in [0.1, 0.15) is 12.4 Å². The van der Waals surface area contributed by atoms with E-state index in [0.29, 0.717) is 38.2 Å². The predicted octanol–water partition coefficient (Wildman–Crippen LogP) is 6.28. The molecule has 3 aromatic carbocycles. The number of amides is 2. The second kappa shape index (κ2) is 10.8. The third kappa shape index (κ3) is 5.39. The van der Waals surface area contributed by atoms with Crippen molar-refractivity contribution in [1.29, 1.82) is 5.26 Å². The molecule has 0 radical (unpaired) electrons. The Morgan fingerprint density at radius 1 is 1.09 bits per heavy atom. The van der Waals surface area contributed by atoms with Crippen LogP contribution >= 0.6 is 27.7 Å². The molecule has 0 saturated carbocycles. The Morgan fingerprint density at radius 3 is 2.51 bits per heavy atom. The van der Waals surface area contributed by atoms with Crippen molar-refractivity contribution in [3.8, 4) is 17.6 Å². The molecule has 0 atom stereocenters. The maximum atomic E-state index is 13.9. The van der Waals surface area contributed by atoms with Gasteiger partial charge in [-0.15, -0.1) is 0 Å². The molecule has 3 aromatic rings. The van der Waals surface area contributed by atoms with E-state index in [-0.39, 0.29) is 23.9 Å². The maximum Gasteiger partial charge on any atom is 0.293 e. The Hall–Kier alpha value is -3.61. The van der Waals surface area contributed by atoms with Gasteiger partial charge in [-0.05, 0) is 53.2 Å². The van der Waals surface area contributed by atoms with Gasteiger partial charge in [0.05, 0.1) is 30.2 Å². The van der Waals surface area contributed by atoms with Crippen LogP contribution in [0.1, 0.15) is 22.3 Å². The summed E-state index contributed by atoms with van der Waals surface area (Å²) < 4.78 is 25.7. The summed E-state index contributed by atoms with van der Waals surface area (Å²) in [5, 5.41) is 8.87. The van der Waals surface area contributed by atoms with Crippen LogP contribution in [-0.4, -0.2) is 23.2 Å². The first-order valence-electron chi connectivity index (χ1n) is 10.4. The van der Waals surface area contributed by atoms with E-state index in [2.05, 4.69) is 22.0 Å². The molecular weight excluding hydrogens is 535 g/mol. The van der Waals surface area contributed by atoms with E-state index >= 15 is 0 Å². The molecule has 1 aliphatic rings. The fraction of sp³-hybridized carbons (Fsp3) is 0.115. The summed E-state index contributed by atoms with van der Waals surface area (Å²) in [5.41, 5.74) is 2.01. The molecule has 1 heterocycles. The Balaban J connectivity index is 1.56. The molecule has 35 heavy (non-hydrogen) atoms. The van der Waals surface area contributed by atoms with Gasteiger partial charge in [0.2, 0.25) is 0 Å². The van der Waals surface area contributed by atoms with E-state index in [4.69, 9.17) is 9.47 Å². The van der Waals surface area contributed by atoms with E-state index in [1.165, 1.54) is 13.2 Å². The maximum absolute atomic E-state index is 13.9. The zero-order chi connectivity index (χ0) is 24.9. The lowest BCUT2D eigenvalue weighted by molar-refractivity contribution is -0.123. The Kier molecular flexibility index (Phi) is 7.54.